The summed E-state index contributed by atoms with van der Waals surface area (Å²) < 4.78 is 1.03. The summed E-state index contributed by atoms with van der Waals surface area (Å²) in [4.78, 5) is 17.4. The number of hydrogen-bond donors (Lipinski definition) is 1. The van der Waals surface area contributed by atoms with E-state index in [1.807, 2.05) is 50.2 Å². The largest absolute Gasteiger partial charge is 0.310 e. The number of anilines is 1. The Kier molecular flexibility index (Phi) is 5.20. The van der Waals surface area contributed by atoms with Crippen LogP contribution in [-0.2, 0) is 4.79 Å². The lowest BCUT2D eigenvalue weighted by Crippen LogP contribution is -2.22. The quantitative estimate of drug-likeness (QED) is 0.837. The van der Waals surface area contributed by atoms with Crippen molar-refractivity contribution in [3.63, 3.8) is 0 Å². The van der Waals surface area contributed by atoms with Gasteiger partial charge in [0.05, 0.1) is 5.25 Å². The molecular formula is C15H15BrN2OS. The average Bonchev–Trinajstić information content (AvgIpc) is 2.41. The number of carbonyl (C=O) groups is 1. The Morgan fingerprint density at radius 1 is 1.25 bits per heavy atom. The van der Waals surface area contributed by atoms with E-state index in [1.165, 1.54) is 11.8 Å². The molecule has 3 nitrogen and oxygen atoms in total. The molecule has 1 unspecified atom stereocenters. The SMILES string of the molecule is Cc1cccc(NC(=O)C(C)Sc2ccc(Br)cc2)n1. The minimum atomic E-state index is -0.182. The summed E-state index contributed by atoms with van der Waals surface area (Å²) in [5, 5.41) is 2.65. The second-order valence-corrected chi connectivity index (χ2v) is 6.70. The Bertz CT molecular complexity index is 601. The van der Waals surface area contributed by atoms with Crippen LogP contribution >= 0.6 is 27.7 Å². The molecular weight excluding hydrogens is 336 g/mol. The summed E-state index contributed by atoms with van der Waals surface area (Å²) in [6, 6.07) is 13.5. The third-order valence-electron chi connectivity index (χ3n) is 2.64. The van der Waals surface area contributed by atoms with Crippen LogP contribution in [0.2, 0.25) is 0 Å². The number of benzene rings is 1. The summed E-state index contributed by atoms with van der Waals surface area (Å²) in [6.45, 7) is 3.79. The highest BCUT2D eigenvalue weighted by molar-refractivity contribution is 9.10. The molecule has 0 radical (unpaired) electrons. The first kappa shape index (κ1) is 15.1. The third-order valence-corrected chi connectivity index (χ3v) is 4.28. The highest BCUT2D eigenvalue weighted by atomic mass is 79.9. The van der Waals surface area contributed by atoms with Gasteiger partial charge in [0, 0.05) is 15.1 Å². The van der Waals surface area contributed by atoms with Crippen molar-refractivity contribution in [2.45, 2.75) is 24.0 Å². The lowest BCUT2D eigenvalue weighted by molar-refractivity contribution is -0.115. The minimum Gasteiger partial charge on any atom is -0.310 e. The van der Waals surface area contributed by atoms with Gasteiger partial charge in [0.25, 0.3) is 0 Å². The Labute approximate surface area is 131 Å². The van der Waals surface area contributed by atoms with Gasteiger partial charge >= 0.3 is 0 Å². The first-order valence-corrected chi connectivity index (χ1v) is 7.88. The number of halogens is 1. The van der Waals surface area contributed by atoms with Crippen molar-refractivity contribution in [2.75, 3.05) is 5.32 Å². The van der Waals surface area contributed by atoms with Crippen LogP contribution in [0.5, 0.6) is 0 Å². The number of aryl methyl sites for hydroxylation is 1. The van der Waals surface area contributed by atoms with E-state index in [-0.39, 0.29) is 11.2 Å². The molecule has 2 aromatic rings. The molecule has 0 spiro atoms. The first-order valence-electron chi connectivity index (χ1n) is 6.21. The molecule has 0 fully saturated rings. The Hall–Kier alpha value is -1.33. The molecule has 1 atom stereocenters. The van der Waals surface area contributed by atoms with Crippen molar-refractivity contribution < 1.29 is 4.79 Å². The molecule has 20 heavy (non-hydrogen) atoms. The highest BCUT2D eigenvalue weighted by Crippen LogP contribution is 2.25. The molecule has 1 aromatic carbocycles. The summed E-state index contributed by atoms with van der Waals surface area (Å²) in [5.41, 5.74) is 0.885. The lowest BCUT2D eigenvalue weighted by Gasteiger charge is -2.11. The molecule has 5 heteroatoms. The van der Waals surface area contributed by atoms with E-state index in [2.05, 4.69) is 26.2 Å². The van der Waals surface area contributed by atoms with Gasteiger partial charge in [0.2, 0.25) is 5.91 Å². The summed E-state index contributed by atoms with van der Waals surface area (Å²) in [7, 11) is 0. The molecule has 1 N–H and O–H groups in total. The molecule has 1 aromatic heterocycles. The second-order valence-electron chi connectivity index (χ2n) is 4.37. The fraction of sp³-hybridized carbons (Fsp3) is 0.200. The number of nitrogens with one attached hydrogen (secondary N) is 1. The van der Waals surface area contributed by atoms with Gasteiger partial charge in [-0.15, -0.1) is 11.8 Å². The van der Waals surface area contributed by atoms with E-state index in [4.69, 9.17) is 0 Å². The van der Waals surface area contributed by atoms with Crippen molar-refractivity contribution in [3.8, 4) is 0 Å². The monoisotopic (exact) mass is 350 g/mol. The lowest BCUT2D eigenvalue weighted by atomic mass is 10.3. The van der Waals surface area contributed by atoms with E-state index < -0.39 is 0 Å². The Balaban J connectivity index is 1.96. The summed E-state index contributed by atoms with van der Waals surface area (Å²) >= 11 is 4.92. The van der Waals surface area contributed by atoms with Crippen LogP contribution in [0.15, 0.2) is 51.8 Å². The van der Waals surface area contributed by atoms with Crippen LogP contribution in [-0.4, -0.2) is 16.1 Å². The molecule has 1 heterocycles. The zero-order valence-electron chi connectivity index (χ0n) is 11.3. The number of nitrogens with zero attached hydrogens (tertiary/aromatic N) is 1. The topological polar surface area (TPSA) is 42.0 Å². The van der Waals surface area contributed by atoms with Crippen LogP contribution in [0.3, 0.4) is 0 Å². The Morgan fingerprint density at radius 3 is 2.60 bits per heavy atom. The van der Waals surface area contributed by atoms with E-state index >= 15 is 0 Å². The zero-order chi connectivity index (χ0) is 14.5. The van der Waals surface area contributed by atoms with Gasteiger partial charge in [0.15, 0.2) is 0 Å². The molecule has 1 amide bonds. The predicted molar refractivity (Wildman–Crippen MR) is 87.1 cm³/mol. The number of pyridine rings is 1. The van der Waals surface area contributed by atoms with E-state index in [9.17, 15) is 4.79 Å². The molecule has 0 aliphatic carbocycles. The average molecular weight is 351 g/mol. The van der Waals surface area contributed by atoms with Crippen molar-refractivity contribution in [1.29, 1.82) is 0 Å². The molecule has 0 aliphatic rings. The van der Waals surface area contributed by atoms with Crippen LogP contribution in [0.25, 0.3) is 0 Å². The normalized spacial score (nSPS) is 11.9. The number of rotatable bonds is 4. The maximum Gasteiger partial charge on any atom is 0.238 e. The van der Waals surface area contributed by atoms with Gasteiger partial charge in [-0.2, -0.15) is 0 Å². The predicted octanol–water partition coefficient (Wildman–Crippen LogP) is 4.27. The maximum absolute atomic E-state index is 12.1. The number of amides is 1. The fourth-order valence-electron chi connectivity index (χ4n) is 1.61. The van der Waals surface area contributed by atoms with Crippen molar-refractivity contribution in [3.05, 3.63) is 52.6 Å². The van der Waals surface area contributed by atoms with Crippen molar-refractivity contribution in [1.82, 2.24) is 4.98 Å². The second kappa shape index (κ2) is 6.90. The number of aromatic nitrogens is 1. The number of thioether (sulfide) groups is 1. The minimum absolute atomic E-state index is 0.0454. The molecule has 0 saturated heterocycles. The molecule has 0 saturated carbocycles. The van der Waals surface area contributed by atoms with E-state index in [1.54, 1.807) is 6.07 Å². The fourth-order valence-corrected chi connectivity index (χ4v) is 2.74. The van der Waals surface area contributed by atoms with Crippen LogP contribution in [0.1, 0.15) is 12.6 Å². The molecule has 2 rings (SSSR count). The van der Waals surface area contributed by atoms with Gasteiger partial charge < -0.3 is 5.32 Å². The van der Waals surface area contributed by atoms with Gasteiger partial charge in [0.1, 0.15) is 5.82 Å². The first-order chi connectivity index (χ1) is 9.54. The van der Waals surface area contributed by atoms with Crippen LogP contribution in [0.4, 0.5) is 5.82 Å². The van der Waals surface area contributed by atoms with Gasteiger partial charge in [-0.05, 0) is 50.2 Å². The van der Waals surface area contributed by atoms with Gasteiger partial charge in [-0.1, -0.05) is 22.0 Å². The van der Waals surface area contributed by atoms with Crippen molar-refractivity contribution in [2.24, 2.45) is 0 Å². The molecule has 104 valence electrons. The van der Waals surface area contributed by atoms with E-state index in [0.29, 0.717) is 5.82 Å². The number of carbonyl (C=O) groups excluding carboxylic acids is 1. The van der Waals surface area contributed by atoms with Crippen molar-refractivity contribution >= 4 is 39.4 Å². The zero-order valence-corrected chi connectivity index (χ0v) is 13.7. The van der Waals surface area contributed by atoms with Gasteiger partial charge in [-0.3, -0.25) is 4.79 Å². The standard InChI is InChI=1S/C15H15BrN2OS/c1-10-4-3-5-14(17-10)18-15(19)11(2)20-13-8-6-12(16)7-9-13/h3-9,11H,1-2H3,(H,17,18,19). The molecule has 0 bridgehead atoms. The number of hydrogen-bond acceptors (Lipinski definition) is 3. The van der Waals surface area contributed by atoms with Crippen LogP contribution < -0.4 is 5.32 Å². The highest BCUT2D eigenvalue weighted by Gasteiger charge is 2.15. The Morgan fingerprint density at radius 2 is 1.95 bits per heavy atom. The van der Waals surface area contributed by atoms with Crippen LogP contribution in [0, 0.1) is 6.92 Å². The summed E-state index contributed by atoms with van der Waals surface area (Å²) in [5.74, 6) is 0.550. The maximum atomic E-state index is 12.1. The van der Waals surface area contributed by atoms with Gasteiger partial charge in [-0.25, -0.2) is 4.98 Å². The third kappa shape index (κ3) is 4.35. The molecule has 0 aliphatic heterocycles. The summed E-state index contributed by atoms with van der Waals surface area (Å²) in [6.07, 6.45) is 0. The van der Waals surface area contributed by atoms with E-state index in [0.717, 1.165) is 15.1 Å². The smallest absolute Gasteiger partial charge is 0.238 e.